The van der Waals surface area contributed by atoms with Gasteiger partial charge in [-0.3, -0.25) is 0 Å². The summed E-state index contributed by atoms with van der Waals surface area (Å²) in [5.74, 6) is 0. The van der Waals surface area contributed by atoms with Crippen molar-refractivity contribution in [2.24, 2.45) is 0 Å². The largest absolute Gasteiger partial charge is 0.394 e. The molecule has 0 radical (unpaired) electrons. The van der Waals surface area contributed by atoms with Crippen LogP contribution in [0.15, 0.2) is 36.4 Å². The van der Waals surface area contributed by atoms with E-state index in [0.29, 0.717) is 0 Å². The molecular formula is C12H18O6. The molecule has 6 nitrogen and oxygen atoms in total. The van der Waals surface area contributed by atoms with Gasteiger partial charge >= 0.3 is 0 Å². The smallest absolute Gasteiger partial charge is 0.184 e. The highest BCUT2D eigenvalue weighted by Crippen LogP contribution is 2.18. The van der Waals surface area contributed by atoms with Crippen LogP contribution in [0.3, 0.4) is 0 Å². The molecule has 1 aromatic carbocycles. The number of hydrogen-bond acceptors (Lipinski definition) is 6. The van der Waals surface area contributed by atoms with E-state index in [1.807, 2.05) is 36.4 Å². The molecule has 0 spiro atoms. The van der Waals surface area contributed by atoms with Gasteiger partial charge in [0.2, 0.25) is 0 Å². The summed E-state index contributed by atoms with van der Waals surface area (Å²) < 4.78 is 4.58. The Bertz CT molecular complexity index is 288. The van der Waals surface area contributed by atoms with Crippen molar-refractivity contribution >= 4 is 0 Å². The lowest BCUT2D eigenvalue weighted by molar-refractivity contribution is -0.286. The molecule has 0 aliphatic carbocycles. The maximum absolute atomic E-state index is 9.12. The lowest BCUT2D eigenvalue weighted by Crippen LogP contribution is -2.58. The summed E-state index contributed by atoms with van der Waals surface area (Å²) >= 11 is 0. The predicted molar refractivity (Wildman–Crippen MR) is 62.4 cm³/mol. The summed E-state index contributed by atoms with van der Waals surface area (Å²) in [6.45, 7) is -0.526. The van der Waals surface area contributed by atoms with E-state index in [-0.39, 0.29) is 0 Å². The topological polar surface area (TPSA) is 110 Å². The van der Waals surface area contributed by atoms with Gasteiger partial charge in [-0.2, -0.15) is 0 Å². The molecule has 0 bridgehead atoms. The van der Waals surface area contributed by atoms with Crippen LogP contribution in [-0.2, 0) is 4.74 Å². The average Bonchev–Trinajstić information content (AvgIpc) is 2.43. The Morgan fingerprint density at radius 3 is 1.56 bits per heavy atom. The third-order valence-electron chi connectivity index (χ3n) is 2.53. The molecule has 0 unspecified atom stereocenters. The highest BCUT2D eigenvalue weighted by molar-refractivity contribution is 4.99. The number of rotatable bonds is 1. The van der Waals surface area contributed by atoms with Gasteiger partial charge in [-0.25, -0.2) is 0 Å². The monoisotopic (exact) mass is 258 g/mol. The first-order chi connectivity index (χ1) is 8.57. The minimum Gasteiger partial charge on any atom is -0.394 e. The van der Waals surface area contributed by atoms with Crippen LogP contribution in [0.5, 0.6) is 0 Å². The van der Waals surface area contributed by atoms with Crippen LogP contribution in [0.2, 0.25) is 0 Å². The summed E-state index contributed by atoms with van der Waals surface area (Å²) in [6.07, 6.45) is -7.04. The lowest BCUT2D eigenvalue weighted by Gasteiger charge is -2.37. The van der Waals surface area contributed by atoms with Gasteiger partial charge < -0.3 is 30.3 Å². The molecule has 0 saturated carbocycles. The number of aliphatic hydroxyl groups excluding tert-OH is 5. The van der Waals surface area contributed by atoms with Crippen molar-refractivity contribution in [1.29, 1.82) is 0 Å². The lowest BCUT2D eigenvalue weighted by atomic mass is 10.00. The number of aliphatic hydroxyl groups is 5. The summed E-state index contributed by atoms with van der Waals surface area (Å²) in [6, 6.07) is 12.0. The first-order valence-electron chi connectivity index (χ1n) is 5.56. The van der Waals surface area contributed by atoms with Gasteiger partial charge in [-0.15, -0.1) is 0 Å². The minimum atomic E-state index is -1.57. The van der Waals surface area contributed by atoms with E-state index >= 15 is 0 Å². The van der Waals surface area contributed by atoms with Crippen LogP contribution in [0, 0.1) is 0 Å². The molecule has 1 saturated heterocycles. The number of benzene rings is 1. The molecule has 2 rings (SSSR count). The zero-order chi connectivity index (χ0) is 13.5. The maximum atomic E-state index is 9.12. The molecule has 1 aliphatic rings. The molecule has 1 heterocycles. The first-order valence-corrected chi connectivity index (χ1v) is 5.56. The van der Waals surface area contributed by atoms with Gasteiger partial charge in [0, 0.05) is 0 Å². The molecule has 1 fully saturated rings. The van der Waals surface area contributed by atoms with Gasteiger partial charge in [0.25, 0.3) is 0 Å². The second-order valence-electron chi connectivity index (χ2n) is 3.87. The van der Waals surface area contributed by atoms with Crippen molar-refractivity contribution < 1.29 is 30.3 Å². The SMILES string of the molecule is OC[C@H]1O[C@@H](O)[C@H](O)[C@@H](O)[C@@H]1O.c1ccccc1. The van der Waals surface area contributed by atoms with E-state index in [2.05, 4.69) is 4.74 Å². The Kier molecular flexibility index (Phi) is 6.20. The third-order valence-corrected chi connectivity index (χ3v) is 2.53. The van der Waals surface area contributed by atoms with Gasteiger partial charge in [-0.1, -0.05) is 36.4 Å². The van der Waals surface area contributed by atoms with Crippen molar-refractivity contribution in [1.82, 2.24) is 0 Å². The van der Waals surface area contributed by atoms with Gasteiger partial charge in [0.05, 0.1) is 6.61 Å². The highest BCUT2D eigenvalue weighted by atomic mass is 16.6. The molecule has 5 N–H and O–H groups in total. The van der Waals surface area contributed by atoms with Crippen LogP contribution >= 0.6 is 0 Å². The minimum absolute atomic E-state index is 0.526. The highest BCUT2D eigenvalue weighted by Gasteiger charge is 2.42. The number of ether oxygens (including phenoxy) is 1. The van der Waals surface area contributed by atoms with Crippen LogP contribution in [0.25, 0.3) is 0 Å². The fourth-order valence-corrected chi connectivity index (χ4v) is 1.47. The summed E-state index contributed by atoms with van der Waals surface area (Å²) in [7, 11) is 0. The Morgan fingerprint density at radius 2 is 1.17 bits per heavy atom. The molecule has 5 atom stereocenters. The van der Waals surface area contributed by atoms with Crippen molar-refractivity contribution in [2.75, 3.05) is 6.61 Å². The fraction of sp³-hybridized carbons (Fsp3) is 0.500. The molecule has 6 heteroatoms. The van der Waals surface area contributed by atoms with E-state index in [0.717, 1.165) is 0 Å². The third kappa shape index (κ3) is 4.02. The van der Waals surface area contributed by atoms with E-state index < -0.39 is 37.3 Å². The second-order valence-corrected chi connectivity index (χ2v) is 3.87. The van der Waals surface area contributed by atoms with E-state index in [1.165, 1.54) is 0 Å². The summed E-state index contributed by atoms with van der Waals surface area (Å²) in [4.78, 5) is 0. The molecule has 0 aromatic heterocycles. The van der Waals surface area contributed by atoms with Crippen molar-refractivity contribution in [3.05, 3.63) is 36.4 Å². The predicted octanol–water partition coefficient (Wildman–Crippen LogP) is -1.53. The molecular weight excluding hydrogens is 240 g/mol. The van der Waals surface area contributed by atoms with Crippen molar-refractivity contribution in [3.8, 4) is 0 Å². The summed E-state index contributed by atoms with van der Waals surface area (Å²) in [5, 5.41) is 44.7. The maximum Gasteiger partial charge on any atom is 0.184 e. The standard InChI is InChI=1S/C6H12O6.C6H6/c7-1-2-3(8)4(9)5(10)6(11)12-2;1-2-4-6-5-3-1/h2-11H,1H2;1-6H/t2-,3-,4+,5-,6-;/m1./s1. The van der Waals surface area contributed by atoms with E-state index in [4.69, 9.17) is 25.5 Å². The Labute approximate surface area is 105 Å². The van der Waals surface area contributed by atoms with Crippen LogP contribution < -0.4 is 0 Å². The Hall–Kier alpha value is -1.02. The fourth-order valence-electron chi connectivity index (χ4n) is 1.47. The molecule has 1 aliphatic heterocycles. The van der Waals surface area contributed by atoms with E-state index in [9.17, 15) is 0 Å². The number of hydrogen-bond donors (Lipinski definition) is 5. The normalized spacial score (nSPS) is 35.5. The zero-order valence-corrected chi connectivity index (χ0v) is 9.70. The Morgan fingerprint density at radius 1 is 0.722 bits per heavy atom. The Balaban J connectivity index is 0.000000225. The summed E-state index contributed by atoms with van der Waals surface area (Å²) in [5.41, 5.74) is 0. The molecule has 102 valence electrons. The second kappa shape index (κ2) is 7.42. The van der Waals surface area contributed by atoms with Gasteiger partial charge in [-0.05, 0) is 0 Å². The molecule has 18 heavy (non-hydrogen) atoms. The zero-order valence-electron chi connectivity index (χ0n) is 9.70. The van der Waals surface area contributed by atoms with Gasteiger partial charge in [0.1, 0.15) is 24.4 Å². The average molecular weight is 258 g/mol. The molecule has 1 aromatic rings. The van der Waals surface area contributed by atoms with Gasteiger partial charge in [0.15, 0.2) is 6.29 Å². The molecule has 0 amide bonds. The van der Waals surface area contributed by atoms with E-state index in [1.54, 1.807) is 0 Å². The van der Waals surface area contributed by atoms with Crippen LogP contribution in [0.1, 0.15) is 0 Å². The van der Waals surface area contributed by atoms with Crippen LogP contribution in [-0.4, -0.2) is 62.8 Å². The van der Waals surface area contributed by atoms with Crippen molar-refractivity contribution in [3.63, 3.8) is 0 Å². The quantitative estimate of drug-likeness (QED) is 0.418. The van der Waals surface area contributed by atoms with Crippen molar-refractivity contribution in [2.45, 2.75) is 30.7 Å². The first kappa shape index (κ1) is 15.0. The van der Waals surface area contributed by atoms with Crippen LogP contribution in [0.4, 0.5) is 0 Å².